The molecule has 1 N–H and O–H groups in total. The van der Waals surface area contributed by atoms with Crippen molar-refractivity contribution < 1.29 is 0 Å². The molecule has 2 heterocycles. The van der Waals surface area contributed by atoms with Crippen LogP contribution < -0.4 is 5.32 Å². The summed E-state index contributed by atoms with van der Waals surface area (Å²) in [6.07, 6.45) is 1.72. The van der Waals surface area contributed by atoms with Crippen LogP contribution in [0.15, 0.2) is 32.7 Å². The first-order chi connectivity index (χ1) is 7.65. The molecule has 0 fully saturated rings. The van der Waals surface area contributed by atoms with E-state index in [1.54, 1.807) is 23.6 Å². The van der Waals surface area contributed by atoms with Crippen LogP contribution in [0.1, 0.15) is 4.88 Å². The van der Waals surface area contributed by atoms with Crippen molar-refractivity contribution in [2.24, 2.45) is 0 Å². The van der Waals surface area contributed by atoms with Crippen LogP contribution >= 0.6 is 54.8 Å². The second kappa shape index (κ2) is 5.49. The number of pyridine rings is 1. The minimum absolute atomic E-state index is 0.507. The smallest absolute Gasteiger partial charge is 0.129 e. The fourth-order valence-electron chi connectivity index (χ4n) is 1.15. The van der Waals surface area contributed by atoms with Crippen LogP contribution in [0.4, 0.5) is 5.69 Å². The first-order valence-electron chi connectivity index (χ1n) is 4.44. The Labute approximate surface area is 119 Å². The predicted molar refractivity (Wildman–Crippen MR) is 76.3 cm³/mol. The van der Waals surface area contributed by atoms with Gasteiger partial charge in [0.1, 0.15) is 5.15 Å². The number of halogens is 3. The van der Waals surface area contributed by atoms with Crippen molar-refractivity contribution in [1.82, 2.24) is 4.98 Å². The van der Waals surface area contributed by atoms with Crippen LogP contribution in [0.25, 0.3) is 0 Å². The summed E-state index contributed by atoms with van der Waals surface area (Å²) >= 11 is 14.3. The number of hydrogen-bond donors (Lipinski definition) is 1. The number of anilines is 1. The molecule has 2 aromatic heterocycles. The lowest BCUT2D eigenvalue weighted by molar-refractivity contribution is 1.17. The van der Waals surface area contributed by atoms with E-state index >= 15 is 0 Å². The van der Waals surface area contributed by atoms with E-state index in [2.05, 4.69) is 48.2 Å². The number of rotatable bonds is 3. The Kier molecular flexibility index (Phi) is 4.24. The third kappa shape index (κ3) is 3.20. The van der Waals surface area contributed by atoms with Crippen LogP contribution in [-0.2, 0) is 6.54 Å². The van der Waals surface area contributed by atoms with Gasteiger partial charge >= 0.3 is 0 Å². The van der Waals surface area contributed by atoms with E-state index < -0.39 is 0 Å². The zero-order valence-electron chi connectivity index (χ0n) is 8.01. The summed E-state index contributed by atoms with van der Waals surface area (Å²) in [6.45, 7) is 0.776. The van der Waals surface area contributed by atoms with E-state index in [1.165, 1.54) is 4.88 Å². The third-order valence-corrected chi connectivity index (χ3v) is 5.37. The average molecular weight is 383 g/mol. The van der Waals surface area contributed by atoms with E-state index in [-0.39, 0.29) is 0 Å². The van der Waals surface area contributed by atoms with Crippen LogP contribution in [-0.4, -0.2) is 4.98 Å². The quantitative estimate of drug-likeness (QED) is 0.761. The number of aromatic nitrogens is 1. The summed E-state index contributed by atoms with van der Waals surface area (Å²) < 4.78 is 2.20. The van der Waals surface area contributed by atoms with Gasteiger partial charge in [0.2, 0.25) is 0 Å². The molecule has 2 aromatic rings. The molecule has 0 unspecified atom stereocenters. The largest absolute Gasteiger partial charge is 0.379 e. The van der Waals surface area contributed by atoms with Gasteiger partial charge in [-0.15, -0.1) is 11.3 Å². The third-order valence-electron chi connectivity index (χ3n) is 1.89. The summed E-state index contributed by atoms with van der Waals surface area (Å²) in [7, 11) is 0. The van der Waals surface area contributed by atoms with Crippen LogP contribution in [0.2, 0.25) is 5.15 Å². The molecule has 0 spiro atoms. The van der Waals surface area contributed by atoms with Crippen molar-refractivity contribution in [3.63, 3.8) is 0 Å². The Balaban J connectivity index is 1.99. The molecule has 0 atom stereocenters. The lowest BCUT2D eigenvalue weighted by atomic mass is 10.4. The molecule has 2 nitrogen and oxygen atoms in total. The molecule has 0 saturated carbocycles. The summed E-state index contributed by atoms with van der Waals surface area (Å²) in [6, 6.07) is 5.77. The second-order valence-electron chi connectivity index (χ2n) is 3.06. The number of hydrogen-bond acceptors (Lipinski definition) is 3. The molecule has 0 aliphatic heterocycles. The molecule has 0 amide bonds. The Morgan fingerprint density at radius 2 is 2.19 bits per heavy atom. The van der Waals surface area contributed by atoms with E-state index in [9.17, 15) is 0 Å². The minimum atomic E-state index is 0.507. The maximum atomic E-state index is 5.70. The minimum Gasteiger partial charge on any atom is -0.379 e. The van der Waals surface area contributed by atoms with E-state index in [0.29, 0.717) is 5.15 Å². The Bertz CT molecular complexity index is 465. The highest BCUT2D eigenvalue weighted by Gasteiger charge is 2.03. The van der Waals surface area contributed by atoms with Crippen LogP contribution in [0.3, 0.4) is 0 Å². The maximum Gasteiger partial charge on any atom is 0.129 e. The monoisotopic (exact) mass is 380 g/mol. The molecule has 0 bridgehead atoms. The van der Waals surface area contributed by atoms with Crippen molar-refractivity contribution >= 4 is 60.5 Å². The molecule has 2 rings (SSSR count). The first-order valence-corrected chi connectivity index (χ1v) is 7.22. The van der Waals surface area contributed by atoms with Crippen LogP contribution in [0, 0.1) is 0 Å². The Morgan fingerprint density at radius 1 is 1.38 bits per heavy atom. The van der Waals surface area contributed by atoms with Gasteiger partial charge in [0.05, 0.1) is 15.7 Å². The highest BCUT2D eigenvalue weighted by atomic mass is 79.9. The topological polar surface area (TPSA) is 24.9 Å². The first kappa shape index (κ1) is 12.4. The molecule has 84 valence electrons. The normalized spacial score (nSPS) is 10.4. The average Bonchev–Trinajstić information content (AvgIpc) is 2.58. The van der Waals surface area contributed by atoms with Gasteiger partial charge in [-0.2, -0.15) is 0 Å². The van der Waals surface area contributed by atoms with Gasteiger partial charge in [0.15, 0.2) is 0 Å². The Hall–Kier alpha value is -0.100. The zero-order valence-corrected chi connectivity index (χ0v) is 12.8. The van der Waals surface area contributed by atoms with Gasteiger partial charge in [-0.25, -0.2) is 4.98 Å². The van der Waals surface area contributed by atoms with Crippen molar-refractivity contribution in [3.8, 4) is 0 Å². The number of thiophene rings is 1. The van der Waals surface area contributed by atoms with Gasteiger partial charge in [0, 0.05) is 15.9 Å². The van der Waals surface area contributed by atoms with Crippen molar-refractivity contribution in [3.05, 3.63) is 42.7 Å². The Morgan fingerprint density at radius 3 is 2.75 bits per heavy atom. The standard InChI is InChI=1S/C10H7Br2ClN2S/c11-8-3-7(16-10(8)12)5-14-6-1-2-9(13)15-4-6/h1-4,14H,5H2. The fraction of sp³-hybridized carbons (Fsp3) is 0.100. The number of nitrogens with one attached hydrogen (secondary N) is 1. The maximum absolute atomic E-state index is 5.70. The van der Waals surface area contributed by atoms with Crippen LogP contribution in [0.5, 0.6) is 0 Å². The predicted octanol–water partition coefficient (Wildman–Crippen LogP) is 4.93. The molecule has 0 saturated heterocycles. The van der Waals surface area contributed by atoms with Gasteiger partial charge in [-0.3, -0.25) is 0 Å². The van der Waals surface area contributed by atoms with E-state index in [4.69, 9.17) is 11.6 Å². The molecule has 0 aromatic carbocycles. The second-order valence-corrected chi connectivity index (χ2v) is 6.75. The highest BCUT2D eigenvalue weighted by molar-refractivity contribution is 9.13. The fourth-order valence-corrected chi connectivity index (χ4v) is 3.38. The summed E-state index contributed by atoms with van der Waals surface area (Å²) in [5.74, 6) is 0. The molecule has 0 aliphatic rings. The van der Waals surface area contributed by atoms with Gasteiger partial charge in [-0.1, -0.05) is 11.6 Å². The van der Waals surface area contributed by atoms with Gasteiger partial charge < -0.3 is 5.32 Å². The number of nitrogens with zero attached hydrogens (tertiary/aromatic N) is 1. The lowest BCUT2D eigenvalue weighted by Crippen LogP contribution is -1.97. The van der Waals surface area contributed by atoms with E-state index in [0.717, 1.165) is 20.5 Å². The SMILES string of the molecule is Clc1ccc(NCc2cc(Br)c(Br)s2)cn1. The molecule has 6 heteroatoms. The van der Waals surface area contributed by atoms with E-state index in [1.807, 2.05) is 6.07 Å². The molecular weight excluding hydrogens is 375 g/mol. The highest BCUT2D eigenvalue weighted by Crippen LogP contribution is 2.32. The molecular formula is C10H7Br2ClN2S. The molecule has 0 radical (unpaired) electrons. The lowest BCUT2D eigenvalue weighted by Gasteiger charge is -2.03. The summed E-state index contributed by atoms with van der Waals surface area (Å²) in [4.78, 5) is 5.25. The van der Waals surface area contributed by atoms with Crippen molar-refractivity contribution in [1.29, 1.82) is 0 Å². The molecule has 0 aliphatic carbocycles. The van der Waals surface area contributed by atoms with Crippen molar-refractivity contribution in [2.75, 3.05) is 5.32 Å². The van der Waals surface area contributed by atoms with Gasteiger partial charge in [0.25, 0.3) is 0 Å². The summed E-state index contributed by atoms with van der Waals surface area (Å²) in [5, 5.41) is 3.78. The van der Waals surface area contributed by atoms with Crippen molar-refractivity contribution in [2.45, 2.75) is 6.54 Å². The van der Waals surface area contributed by atoms with Gasteiger partial charge in [-0.05, 0) is 50.1 Å². The summed E-state index contributed by atoms with van der Waals surface area (Å²) in [5.41, 5.74) is 0.963. The zero-order chi connectivity index (χ0) is 11.5. The molecule has 16 heavy (non-hydrogen) atoms.